The number of benzene rings is 3. The van der Waals surface area contributed by atoms with Gasteiger partial charge in [0.25, 0.3) is 0 Å². The number of amides is 1. The number of rotatable bonds is 10. The fourth-order valence-electron chi connectivity index (χ4n) is 3.45. The van der Waals surface area contributed by atoms with Crippen molar-refractivity contribution in [1.82, 2.24) is 9.62 Å². The van der Waals surface area contributed by atoms with Crippen LogP contribution in [0.4, 0.5) is 0 Å². The third-order valence-electron chi connectivity index (χ3n) is 5.32. The van der Waals surface area contributed by atoms with Crippen LogP contribution in [0, 0.1) is 0 Å². The average molecular weight is 453 g/mol. The molecule has 0 aromatic heterocycles. The summed E-state index contributed by atoms with van der Waals surface area (Å²) in [4.78, 5) is 12.9. The molecule has 3 rings (SSSR count). The predicted molar refractivity (Wildman–Crippen MR) is 125 cm³/mol. The van der Waals surface area contributed by atoms with E-state index in [1.165, 1.54) is 11.4 Å². The monoisotopic (exact) mass is 452 g/mol. The Morgan fingerprint density at radius 1 is 0.938 bits per heavy atom. The van der Waals surface area contributed by atoms with Gasteiger partial charge >= 0.3 is 0 Å². The standard InChI is InChI=1S/C25H28N2O4S/c1-27(32(29,30)23-11-7-4-8-12-23)24(21-13-15-22(31-2)16-14-21)19-25(28)26-18-17-20-9-5-3-6-10-20/h3-16,24H,17-19H2,1-2H3,(H,26,28)/t24-/m0/s1. The fraction of sp³-hybridized carbons (Fsp3) is 0.240. The highest BCUT2D eigenvalue weighted by Crippen LogP contribution is 2.30. The molecule has 1 amide bonds. The maximum atomic E-state index is 13.2. The first kappa shape index (κ1) is 23.5. The molecule has 1 atom stereocenters. The molecule has 0 spiro atoms. The van der Waals surface area contributed by atoms with Crippen LogP contribution < -0.4 is 10.1 Å². The lowest BCUT2D eigenvalue weighted by atomic mass is 10.0. The summed E-state index contributed by atoms with van der Waals surface area (Å²) in [7, 11) is -0.713. The average Bonchev–Trinajstić information content (AvgIpc) is 2.83. The second kappa shape index (κ2) is 10.9. The van der Waals surface area contributed by atoms with Gasteiger partial charge in [0.15, 0.2) is 0 Å². The third kappa shape index (κ3) is 5.96. The van der Waals surface area contributed by atoms with Crippen LogP contribution in [0.2, 0.25) is 0 Å². The molecule has 0 bridgehead atoms. The first-order valence-corrected chi connectivity index (χ1v) is 11.8. The van der Waals surface area contributed by atoms with E-state index < -0.39 is 16.1 Å². The van der Waals surface area contributed by atoms with Crippen molar-refractivity contribution < 1.29 is 17.9 Å². The van der Waals surface area contributed by atoms with Crippen LogP contribution in [-0.4, -0.2) is 39.3 Å². The molecule has 3 aromatic rings. The number of nitrogens with one attached hydrogen (secondary N) is 1. The lowest BCUT2D eigenvalue weighted by Crippen LogP contribution is -2.36. The van der Waals surface area contributed by atoms with E-state index >= 15 is 0 Å². The molecule has 0 unspecified atom stereocenters. The number of nitrogens with zero attached hydrogens (tertiary/aromatic N) is 1. The normalized spacial score (nSPS) is 12.3. The summed E-state index contributed by atoms with van der Waals surface area (Å²) in [5, 5.41) is 2.91. The van der Waals surface area contributed by atoms with E-state index in [9.17, 15) is 13.2 Å². The van der Waals surface area contributed by atoms with Crippen molar-refractivity contribution in [2.45, 2.75) is 23.8 Å². The quantitative estimate of drug-likeness (QED) is 0.508. The second-order valence-corrected chi connectivity index (χ2v) is 9.41. The van der Waals surface area contributed by atoms with Crippen molar-refractivity contribution in [3.05, 3.63) is 96.1 Å². The zero-order chi connectivity index (χ0) is 23.0. The van der Waals surface area contributed by atoms with Gasteiger partial charge in [0.2, 0.25) is 15.9 Å². The van der Waals surface area contributed by atoms with E-state index in [0.717, 1.165) is 5.56 Å². The smallest absolute Gasteiger partial charge is 0.243 e. The van der Waals surface area contributed by atoms with Crippen molar-refractivity contribution in [3.63, 3.8) is 0 Å². The van der Waals surface area contributed by atoms with Gasteiger partial charge in [0.1, 0.15) is 5.75 Å². The zero-order valence-corrected chi connectivity index (χ0v) is 19.1. The minimum absolute atomic E-state index is 0.00365. The Morgan fingerprint density at radius 2 is 1.53 bits per heavy atom. The molecule has 1 N–H and O–H groups in total. The van der Waals surface area contributed by atoms with Crippen LogP contribution >= 0.6 is 0 Å². The van der Waals surface area contributed by atoms with Crippen molar-refractivity contribution in [2.24, 2.45) is 0 Å². The van der Waals surface area contributed by atoms with Gasteiger partial charge in [0, 0.05) is 20.0 Å². The number of hydrogen-bond donors (Lipinski definition) is 1. The largest absolute Gasteiger partial charge is 0.497 e. The van der Waals surface area contributed by atoms with E-state index in [-0.39, 0.29) is 17.2 Å². The van der Waals surface area contributed by atoms with Gasteiger partial charge in [-0.05, 0) is 41.8 Å². The van der Waals surface area contributed by atoms with Crippen LogP contribution in [-0.2, 0) is 21.2 Å². The molecular formula is C25H28N2O4S. The highest BCUT2D eigenvalue weighted by Gasteiger charge is 2.30. The molecule has 0 radical (unpaired) electrons. The maximum absolute atomic E-state index is 13.2. The molecule has 0 heterocycles. The summed E-state index contributed by atoms with van der Waals surface area (Å²) >= 11 is 0. The first-order valence-electron chi connectivity index (χ1n) is 10.4. The molecule has 0 saturated carbocycles. The summed E-state index contributed by atoms with van der Waals surface area (Å²) in [5.41, 5.74) is 1.84. The second-order valence-electron chi connectivity index (χ2n) is 7.41. The zero-order valence-electron chi connectivity index (χ0n) is 18.3. The van der Waals surface area contributed by atoms with Gasteiger partial charge in [-0.2, -0.15) is 4.31 Å². The molecule has 0 aliphatic heterocycles. The molecule has 0 fully saturated rings. The predicted octanol–water partition coefficient (Wildman–Crippen LogP) is 3.81. The van der Waals surface area contributed by atoms with Gasteiger partial charge in [-0.25, -0.2) is 8.42 Å². The maximum Gasteiger partial charge on any atom is 0.243 e. The van der Waals surface area contributed by atoms with Crippen molar-refractivity contribution >= 4 is 15.9 Å². The lowest BCUT2D eigenvalue weighted by molar-refractivity contribution is -0.121. The summed E-state index contributed by atoms with van der Waals surface area (Å²) < 4.78 is 32.9. The van der Waals surface area contributed by atoms with Gasteiger partial charge in [-0.1, -0.05) is 60.7 Å². The minimum atomic E-state index is -3.79. The van der Waals surface area contributed by atoms with E-state index in [1.54, 1.807) is 61.7 Å². The minimum Gasteiger partial charge on any atom is -0.497 e. The number of carbonyl (C=O) groups excluding carboxylic acids is 1. The number of methoxy groups -OCH3 is 1. The lowest BCUT2D eigenvalue weighted by Gasteiger charge is -2.28. The van der Waals surface area contributed by atoms with Gasteiger partial charge in [-0.15, -0.1) is 0 Å². The van der Waals surface area contributed by atoms with Crippen LogP contribution in [0.1, 0.15) is 23.6 Å². The number of carbonyl (C=O) groups is 1. The van der Waals surface area contributed by atoms with E-state index in [0.29, 0.717) is 24.3 Å². The Kier molecular flexibility index (Phi) is 8.03. The molecule has 7 heteroatoms. The highest BCUT2D eigenvalue weighted by atomic mass is 32.2. The van der Waals surface area contributed by atoms with Crippen LogP contribution in [0.25, 0.3) is 0 Å². The topological polar surface area (TPSA) is 75.7 Å². The summed E-state index contributed by atoms with van der Waals surface area (Å²) in [6, 6.07) is 24.5. The Labute approximate surface area is 189 Å². The summed E-state index contributed by atoms with van der Waals surface area (Å²) in [6.07, 6.45) is 0.710. The van der Waals surface area contributed by atoms with Crippen molar-refractivity contribution in [1.29, 1.82) is 0 Å². The van der Waals surface area contributed by atoms with E-state index in [4.69, 9.17) is 4.74 Å². The highest BCUT2D eigenvalue weighted by molar-refractivity contribution is 7.89. The van der Waals surface area contributed by atoms with Crippen molar-refractivity contribution in [3.8, 4) is 5.75 Å². The summed E-state index contributed by atoms with van der Waals surface area (Å²) in [6.45, 7) is 0.479. The molecule has 32 heavy (non-hydrogen) atoms. The van der Waals surface area contributed by atoms with Gasteiger partial charge in [0.05, 0.1) is 18.0 Å². The van der Waals surface area contributed by atoms with Gasteiger partial charge in [-0.3, -0.25) is 4.79 Å². The molecular weight excluding hydrogens is 424 g/mol. The Balaban J connectivity index is 1.78. The third-order valence-corrected chi connectivity index (χ3v) is 7.20. The SMILES string of the molecule is COc1ccc([C@H](CC(=O)NCCc2ccccc2)N(C)S(=O)(=O)c2ccccc2)cc1. The van der Waals surface area contributed by atoms with Crippen LogP contribution in [0.5, 0.6) is 5.75 Å². The molecule has 0 aliphatic carbocycles. The Bertz CT molecular complexity index is 1100. The molecule has 3 aromatic carbocycles. The van der Waals surface area contributed by atoms with E-state index in [2.05, 4.69) is 5.32 Å². The van der Waals surface area contributed by atoms with E-state index in [1.807, 2.05) is 30.3 Å². The molecule has 0 saturated heterocycles. The molecule has 168 valence electrons. The van der Waals surface area contributed by atoms with Crippen LogP contribution in [0.15, 0.2) is 89.8 Å². The van der Waals surface area contributed by atoms with Crippen LogP contribution in [0.3, 0.4) is 0 Å². The van der Waals surface area contributed by atoms with Gasteiger partial charge < -0.3 is 10.1 Å². The number of ether oxygens (including phenoxy) is 1. The molecule has 6 nitrogen and oxygen atoms in total. The fourth-order valence-corrected chi connectivity index (χ4v) is 4.81. The number of sulfonamides is 1. The Morgan fingerprint density at radius 3 is 2.12 bits per heavy atom. The van der Waals surface area contributed by atoms with Crippen molar-refractivity contribution in [2.75, 3.05) is 20.7 Å². The first-order chi connectivity index (χ1) is 15.4. The Hall–Kier alpha value is -3.16. The summed E-state index contributed by atoms with van der Waals surface area (Å²) in [5.74, 6) is 0.449. The number of hydrogen-bond acceptors (Lipinski definition) is 4. The molecule has 0 aliphatic rings.